The van der Waals surface area contributed by atoms with E-state index in [2.05, 4.69) is 25.5 Å². The molecule has 0 aromatic rings. The predicted molar refractivity (Wildman–Crippen MR) is 59.7 cm³/mol. The van der Waals surface area contributed by atoms with Crippen molar-refractivity contribution in [3.63, 3.8) is 0 Å². The number of hydrogen-bond donors (Lipinski definition) is 0. The Morgan fingerprint density at radius 1 is 1.44 bits per heavy atom. The zero-order valence-corrected chi connectivity index (χ0v) is 10.5. The Kier molecular flexibility index (Phi) is 2.41. The molecule has 2 rings (SSSR count). The lowest BCUT2D eigenvalue weighted by molar-refractivity contribution is -0.145. The van der Waals surface area contributed by atoms with E-state index < -0.39 is 0 Å². The van der Waals surface area contributed by atoms with E-state index in [9.17, 15) is 9.59 Å². The molecule has 2 aliphatic carbocycles. The van der Waals surface area contributed by atoms with Crippen LogP contribution in [0.15, 0.2) is 0 Å². The second kappa shape index (κ2) is 3.31. The molecule has 0 aromatic carbocycles. The lowest BCUT2D eigenvalue weighted by Gasteiger charge is -2.32. The number of methoxy groups -OCH3 is 1. The minimum absolute atomic E-state index is 0.0305. The monoisotopic (exact) mass is 224 g/mol. The van der Waals surface area contributed by atoms with Gasteiger partial charge in [0.05, 0.1) is 13.5 Å². The Balaban J connectivity index is 2.26. The largest absolute Gasteiger partial charge is 0.469 e. The van der Waals surface area contributed by atoms with Gasteiger partial charge in [-0.15, -0.1) is 0 Å². The normalized spacial score (nSPS) is 40.1. The van der Waals surface area contributed by atoms with Gasteiger partial charge < -0.3 is 4.74 Å². The van der Waals surface area contributed by atoms with Gasteiger partial charge in [0.2, 0.25) is 0 Å². The van der Waals surface area contributed by atoms with E-state index in [1.165, 1.54) is 7.11 Å². The van der Waals surface area contributed by atoms with E-state index in [-0.39, 0.29) is 34.9 Å². The molecule has 0 aromatic heterocycles. The highest BCUT2D eigenvalue weighted by Gasteiger charge is 2.66. The van der Waals surface area contributed by atoms with Crippen molar-refractivity contribution in [1.82, 2.24) is 0 Å². The molecule has 0 aliphatic heterocycles. The Morgan fingerprint density at radius 2 is 2.06 bits per heavy atom. The number of rotatable bonds is 2. The van der Waals surface area contributed by atoms with E-state index >= 15 is 0 Å². The van der Waals surface area contributed by atoms with Gasteiger partial charge >= 0.3 is 5.97 Å². The molecule has 2 bridgehead atoms. The number of hydrogen-bond acceptors (Lipinski definition) is 3. The summed E-state index contributed by atoms with van der Waals surface area (Å²) >= 11 is 0. The lowest BCUT2D eigenvalue weighted by Crippen LogP contribution is -2.33. The summed E-state index contributed by atoms with van der Waals surface area (Å²) < 4.78 is 4.68. The van der Waals surface area contributed by atoms with Gasteiger partial charge in [-0.25, -0.2) is 0 Å². The summed E-state index contributed by atoms with van der Waals surface area (Å²) in [6, 6.07) is 0. The van der Waals surface area contributed by atoms with Crippen molar-refractivity contribution in [1.29, 1.82) is 0 Å². The van der Waals surface area contributed by atoms with E-state index in [0.29, 0.717) is 5.92 Å². The van der Waals surface area contributed by atoms with Crippen LogP contribution in [0.3, 0.4) is 0 Å². The van der Waals surface area contributed by atoms with E-state index in [4.69, 9.17) is 0 Å². The van der Waals surface area contributed by atoms with Crippen molar-refractivity contribution in [3.8, 4) is 0 Å². The summed E-state index contributed by atoms with van der Waals surface area (Å²) in [6.45, 7) is 6.40. The molecule has 0 spiro atoms. The van der Waals surface area contributed by atoms with Crippen LogP contribution in [0.4, 0.5) is 0 Å². The molecule has 0 heterocycles. The summed E-state index contributed by atoms with van der Waals surface area (Å²) in [4.78, 5) is 23.7. The predicted octanol–water partition coefficient (Wildman–Crippen LogP) is 2.19. The SMILES string of the molecule is COC(=O)C[C@H]1C(=O)[C@@]2(C)CC[C@H]1C2(C)C. The van der Waals surface area contributed by atoms with Crippen molar-refractivity contribution in [3.05, 3.63) is 0 Å². The average Bonchev–Trinajstić information content (AvgIpc) is 2.53. The maximum atomic E-state index is 12.3. The molecule has 0 N–H and O–H groups in total. The number of Topliss-reactive ketones (excluding diaryl/α,β-unsaturated/α-hetero) is 1. The van der Waals surface area contributed by atoms with E-state index in [1.54, 1.807) is 0 Å². The van der Waals surface area contributed by atoms with Gasteiger partial charge in [-0.3, -0.25) is 9.59 Å². The van der Waals surface area contributed by atoms with Gasteiger partial charge in [-0.2, -0.15) is 0 Å². The van der Waals surface area contributed by atoms with Crippen LogP contribution in [-0.4, -0.2) is 18.9 Å². The molecule has 3 atom stereocenters. The van der Waals surface area contributed by atoms with Crippen LogP contribution in [0.1, 0.15) is 40.0 Å². The zero-order valence-electron chi connectivity index (χ0n) is 10.5. The van der Waals surface area contributed by atoms with Gasteiger partial charge in [-0.05, 0) is 24.2 Å². The van der Waals surface area contributed by atoms with Crippen molar-refractivity contribution < 1.29 is 14.3 Å². The summed E-state index contributed by atoms with van der Waals surface area (Å²) in [5, 5.41) is 0. The number of ketones is 1. The standard InChI is InChI=1S/C13H20O3/c1-12(2)9-5-6-13(12,3)11(15)8(9)7-10(14)16-4/h8-9H,5-7H2,1-4H3/t8-,9-,13-/m1/s1. The number of fused-ring (bicyclic) bond motifs is 2. The minimum Gasteiger partial charge on any atom is -0.469 e. The molecule has 0 amide bonds. The highest BCUT2D eigenvalue weighted by Crippen LogP contribution is 2.66. The maximum Gasteiger partial charge on any atom is 0.306 e. The Labute approximate surface area is 96.5 Å². The number of carbonyl (C=O) groups excluding carboxylic acids is 2. The molecular formula is C13H20O3. The van der Waals surface area contributed by atoms with E-state index in [0.717, 1.165) is 12.8 Å². The molecule has 3 nitrogen and oxygen atoms in total. The molecule has 16 heavy (non-hydrogen) atoms. The molecule has 2 saturated carbocycles. The van der Waals surface area contributed by atoms with Crippen LogP contribution in [0.2, 0.25) is 0 Å². The van der Waals surface area contributed by atoms with Crippen LogP contribution < -0.4 is 0 Å². The summed E-state index contributed by atoms with van der Waals surface area (Å²) in [6.07, 6.45) is 2.30. The first kappa shape index (κ1) is 11.6. The second-order valence-electron chi connectivity index (χ2n) is 5.95. The van der Waals surface area contributed by atoms with Crippen molar-refractivity contribution >= 4 is 11.8 Å². The number of ether oxygens (including phenoxy) is 1. The van der Waals surface area contributed by atoms with Gasteiger partial charge in [0.25, 0.3) is 0 Å². The number of carbonyl (C=O) groups is 2. The summed E-state index contributed by atoms with van der Waals surface area (Å²) in [7, 11) is 1.38. The molecule has 90 valence electrons. The van der Waals surface area contributed by atoms with Crippen LogP contribution in [0, 0.1) is 22.7 Å². The Morgan fingerprint density at radius 3 is 2.50 bits per heavy atom. The minimum atomic E-state index is -0.259. The smallest absolute Gasteiger partial charge is 0.306 e. The highest BCUT2D eigenvalue weighted by molar-refractivity contribution is 5.94. The Hall–Kier alpha value is -0.860. The van der Waals surface area contributed by atoms with Crippen molar-refractivity contribution in [2.75, 3.05) is 7.11 Å². The van der Waals surface area contributed by atoms with Gasteiger partial charge in [0.1, 0.15) is 5.78 Å². The van der Waals surface area contributed by atoms with E-state index in [1.807, 2.05) is 0 Å². The zero-order chi connectivity index (χ0) is 12.1. The molecule has 0 unspecified atom stereocenters. The van der Waals surface area contributed by atoms with Gasteiger partial charge in [-0.1, -0.05) is 20.8 Å². The third kappa shape index (κ3) is 1.20. The quantitative estimate of drug-likeness (QED) is 0.675. The molecule has 2 fully saturated rings. The summed E-state index contributed by atoms with van der Waals surface area (Å²) in [5.74, 6) is 0.259. The van der Waals surface area contributed by atoms with Crippen LogP contribution in [0.25, 0.3) is 0 Å². The topological polar surface area (TPSA) is 43.4 Å². The van der Waals surface area contributed by atoms with Gasteiger partial charge in [0, 0.05) is 11.3 Å². The molecule has 2 aliphatic rings. The average molecular weight is 224 g/mol. The van der Waals surface area contributed by atoms with Crippen molar-refractivity contribution in [2.24, 2.45) is 22.7 Å². The van der Waals surface area contributed by atoms with Crippen molar-refractivity contribution in [2.45, 2.75) is 40.0 Å². The number of esters is 1. The molecule has 0 saturated heterocycles. The van der Waals surface area contributed by atoms with Crippen LogP contribution in [-0.2, 0) is 14.3 Å². The molecular weight excluding hydrogens is 204 g/mol. The van der Waals surface area contributed by atoms with Crippen LogP contribution >= 0.6 is 0 Å². The first-order valence-electron chi connectivity index (χ1n) is 5.95. The third-order valence-corrected chi connectivity index (χ3v) is 5.28. The second-order valence-corrected chi connectivity index (χ2v) is 5.95. The fraction of sp³-hybridized carbons (Fsp3) is 0.846. The molecule has 0 radical (unpaired) electrons. The first-order chi connectivity index (χ1) is 7.34. The third-order valence-electron chi connectivity index (χ3n) is 5.28. The fourth-order valence-corrected chi connectivity index (χ4v) is 3.77. The Bertz CT molecular complexity index is 345. The first-order valence-corrected chi connectivity index (χ1v) is 5.95. The lowest BCUT2D eigenvalue weighted by atomic mass is 9.70. The maximum absolute atomic E-state index is 12.3. The van der Waals surface area contributed by atoms with Gasteiger partial charge in [0.15, 0.2) is 0 Å². The molecule has 3 heteroatoms. The highest BCUT2D eigenvalue weighted by atomic mass is 16.5. The summed E-state index contributed by atoms with van der Waals surface area (Å²) in [5.41, 5.74) is -0.195. The fourth-order valence-electron chi connectivity index (χ4n) is 3.77. The van der Waals surface area contributed by atoms with Crippen LogP contribution in [0.5, 0.6) is 0 Å².